The zero-order chi connectivity index (χ0) is 10.8. The fraction of sp³-hybridized carbons (Fsp3) is 0.375. The topological polar surface area (TPSA) is 49.6 Å². The molecule has 1 aromatic heterocycles. The van der Waals surface area contributed by atoms with Crippen molar-refractivity contribution in [2.24, 2.45) is 0 Å². The van der Waals surface area contributed by atoms with E-state index >= 15 is 0 Å². The second-order valence-corrected chi connectivity index (χ2v) is 2.70. The van der Waals surface area contributed by atoms with Gasteiger partial charge in [0.05, 0.1) is 17.2 Å². The van der Waals surface area contributed by atoms with Crippen LogP contribution in [0, 0.1) is 11.3 Å². The summed E-state index contributed by atoms with van der Waals surface area (Å²) in [6, 6.07) is 1.62. The number of alkyl halides is 3. The van der Waals surface area contributed by atoms with Crippen molar-refractivity contribution < 1.29 is 13.2 Å². The smallest absolute Gasteiger partial charge is 0.243 e. The second kappa shape index (κ2) is 3.62. The minimum Gasteiger partial charge on any atom is -0.243 e. The molecule has 0 aliphatic rings. The number of hydrogen-bond acceptors (Lipinski definition) is 3. The molecule has 1 aromatic rings. The molecule has 0 N–H and O–H groups in total. The average Bonchev–Trinajstić information content (AvgIpc) is 2.15. The van der Waals surface area contributed by atoms with Gasteiger partial charge in [-0.25, -0.2) is 9.97 Å². The van der Waals surface area contributed by atoms with Crippen LogP contribution in [0.5, 0.6) is 0 Å². The Morgan fingerprint density at radius 1 is 1.50 bits per heavy atom. The molecule has 0 aliphatic heterocycles. The summed E-state index contributed by atoms with van der Waals surface area (Å²) in [6.07, 6.45) is -2.32. The van der Waals surface area contributed by atoms with E-state index in [1.54, 1.807) is 6.07 Å². The molecule has 0 saturated heterocycles. The quantitative estimate of drug-likeness (QED) is 0.698. The second-order valence-electron chi connectivity index (χ2n) is 2.70. The van der Waals surface area contributed by atoms with Crippen molar-refractivity contribution in [1.29, 1.82) is 5.26 Å². The Labute approximate surface area is 78.2 Å². The van der Waals surface area contributed by atoms with Gasteiger partial charge in [-0.1, -0.05) is 0 Å². The molecular formula is C8H6F3N3. The predicted octanol–water partition coefficient (Wildman–Crippen LogP) is 2.01. The Morgan fingerprint density at radius 2 is 2.14 bits per heavy atom. The number of nitriles is 1. The van der Waals surface area contributed by atoms with Crippen molar-refractivity contribution in [2.75, 3.05) is 0 Å². The molecule has 0 amide bonds. The van der Waals surface area contributed by atoms with Crippen LogP contribution in [-0.4, -0.2) is 16.1 Å². The van der Waals surface area contributed by atoms with Gasteiger partial charge in [0, 0.05) is 6.20 Å². The van der Waals surface area contributed by atoms with E-state index in [-0.39, 0.29) is 11.3 Å². The minimum absolute atomic E-state index is 0.141. The van der Waals surface area contributed by atoms with E-state index in [0.717, 1.165) is 19.4 Å². The predicted molar refractivity (Wildman–Crippen MR) is 41.2 cm³/mol. The molecule has 1 heterocycles. The van der Waals surface area contributed by atoms with Crippen LogP contribution in [0.1, 0.15) is 24.1 Å². The summed E-state index contributed by atoms with van der Waals surface area (Å²) in [5.74, 6) is -1.75. The van der Waals surface area contributed by atoms with Gasteiger partial charge in [-0.2, -0.15) is 18.4 Å². The van der Waals surface area contributed by atoms with Crippen molar-refractivity contribution in [2.45, 2.75) is 19.0 Å². The number of hydrogen-bond donors (Lipinski definition) is 0. The van der Waals surface area contributed by atoms with Crippen LogP contribution in [0.25, 0.3) is 0 Å². The summed E-state index contributed by atoms with van der Waals surface area (Å²) >= 11 is 0. The van der Waals surface area contributed by atoms with Gasteiger partial charge in [0.2, 0.25) is 0 Å². The zero-order valence-electron chi connectivity index (χ0n) is 7.21. The van der Waals surface area contributed by atoms with Crippen molar-refractivity contribution in [3.63, 3.8) is 0 Å². The molecule has 1 atom stereocenters. The molecule has 1 unspecified atom stereocenters. The van der Waals surface area contributed by atoms with Crippen LogP contribution < -0.4 is 0 Å². The molecule has 3 nitrogen and oxygen atoms in total. The number of nitrogens with zero attached hydrogens (tertiary/aromatic N) is 3. The summed E-state index contributed by atoms with van der Waals surface area (Å²) < 4.78 is 36.8. The van der Waals surface area contributed by atoms with E-state index in [0.29, 0.717) is 0 Å². The highest BCUT2D eigenvalue weighted by atomic mass is 19.4. The van der Waals surface area contributed by atoms with Gasteiger partial charge < -0.3 is 0 Å². The van der Waals surface area contributed by atoms with Crippen LogP contribution in [0.4, 0.5) is 13.2 Å². The summed E-state index contributed by atoms with van der Waals surface area (Å²) in [5, 5.41) is 8.54. The Morgan fingerprint density at radius 3 is 2.64 bits per heavy atom. The molecule has 0 fully saturated rings. The van der Waals surface area contributed by atoms with Crippen LogP contribution in [0.15, 0.2) is 12.5 Å². The van der Waals surface area contributed by atoms with E-state index in [1.807, 2.05) is 0 Å². The molecule has 0 bridgehead atoms. The Hall–Kier alpha value is -1.64. The van der Waals surface area contributed by atoms with Crippen LogP contribution in [-0.2, 0) is 0 Å². The van der Waals surface area contributed by atoms with Gasteiger partial charge in [0.1, 0.15) is 12.4 Å². The lowest BCUT2D eigenvalue weighted by Gasteiger charge is -2.15. The average molecular weight is 201 g/mol. The van der Waals surface area contributed by atoms with Crippen LogP contribution >= 0.6 is 0 Å². The molecule has 74 valence electrons. The lowest BCUT2D eigenvalue weighted by Crippen LogP contribution is -2.20. The van der Waals surface area contributed by atoms with Crippen LogP contribution in [0.3, 0.4) is 0 Å². The highest BCUT2D eigenvalue weighted by Gasteiger charge is 2.39. The maximum atomic E-state index is 12.3. The van der Waals surface area contributed by atoms with E-state index < -0.39 is 12.1 Å². The normalized spacial score (nSPS) is 13.4. The summed E-state index contributed by atoms with van der Waals surface area (Å²) in [7, 11) is 0. The van der Waals surface area contributed by atoms with E-state index in [9.17, 15) is 13.2 Å². The lowest BCUT2D eigenvalue weighted by molar-refractivity contribution is -0.147. The molecule has 0 aliphatic carbocycles. The lowest BCUT2D eigenvalue weighted by atomic mass is 10.0. The Balaban J connectivity index is 3.14. The number of rotatable bonds is 1. The maximum absolute atomic E-state index is 12.3. The summed E-state index contributed by atoms with van der Waals surface area (Å²) in [6.45, 7) is 0.961. The standard InChI is InChI=1S/C8H6F3N3/c1-5(8(9,10)11)7-6(2-12)3-13-4-14-7/h3-5H,1H3. The van der Waals surface area contributed by atoms with E-state index in [1.165, 1.54) is 0 Å². The molecule has 6 heteroatoms. The third-order valence-electron chi connectivity index (χ3n) is 1.76. The largest absolute Gasteiger partial charge is 0.397 e. The first-order valence-electron chi connectivity index (χ1n) is 3.73. The van der Waals surface area contributed by atoms with Crippen molar-refractivity contribution in [3.8, 4) is 6.07 Å². The SMILES string of the molecule is CC(c1ncncc1C#N)C(F)(F)F. The first-order valence-corrected chi connectivity index (χ1v) is 3.73. The van der Waals surface area contributed by atoms with Crippen molar-refractivity contribution in [3.05, 3.63) is 23.8 Å². The summed E-state index contributed by atoms with van der Waals surface area (Å²) in [5.41, 5.74) is -0.424. The molecule has 0 spiro atoms. The summed E-state index contributed by atoms with van der Waals surface area (Å²) in [4.78, 5) is 6.94. The maximum Gasteiger partial charge on any atom is 0.397 e. The third kappa shape index (κ3) is 1.99. The van der Waals surface area contributed by atoms with E-state index in [2.05, 4.69) is 9.97 Å². The third-order valence-corrected chi connectivity index (χ3v) is 1.76. The first kappa shape index (κ1) is 10.4. The Kier molecular flexibility index (Phi) is 2.70. The monoisotopic (exact) mass is 201 g/mol. The van der Waals surface area contributed by atoms with Crippen molar-refractivity contribution >= 4 is 0 Å². The van der Waals surface area contributed by atoms with E-state index in [4.69, 9.17) is 5.26 Å². The van der Waals surface area contributed by atoms with Gasteiger partial charge in [0.25, 0.3) is 0 Å². The highest BCUT2D eigenvalue weighted by Crippen LogP contribution is 2.34. The van der Waals surface area contributed by atoms with Gasteiger partial charge in [-0.15, -0.1) is 0 Å². The van der Waals surface area contributed by atoms with Gasteiger partial charge in [-0.3, -0.25) is 0 Å². The fourth-order valence-electron chi connectivity index (χ4n) is 0.925. The first-order chi connectivity index (χ1) is 6.46. The zero-order valence-corrected chi connectivity index (χ0v) is 7.21. The number of aromatic nitrogens is 2. The highest BCUT2D eigenvalue weighted by molar-refractivity contribution is 5.32. The van der Waals surface area contributed by atoms with Gasteiger partial charge in [-0.05, 0) is 6.92 Å². The number of halogens is 3. The van der Waals surface area contributed by atoms with Gasteiger partial charge >= 0.3 is 6.18 Å². The molecule has 0 aromatic carbocycles. The van der Waals surface area contributed by atoms with Crippen LogP contribution in [0.2, 0.25) is 0 Å². The fourth-order valence-corrected chi connectivity index (χ4v) is 0.925. The molecular weight excluding hydrogens is 195 g/mol. The molecule has 0 radical (unpaired) electrons. The molecule has 14 heavy (non-hydrogen) atoms. The van der Waals surface area contributed by atoms with Crippen molar-refractivity contribution in [1.82, 2.24) is 9.97 Å². The minimum atomic E-state index is -4.39. The van der Waals surface area contributed by atoms with Gasteiger partial charge in [0.15, 0.2) is 0 Å². The molecule has 1 rings (SSSR count). The Bertz CT molecular complexity index is 367. The molecule has 0 saturated carbocycles.